The fourth-order valence-corrected chi connectivity index (χ4v) is 1.98. The molecule has 0 bridgehead atoms. The lowest BCUT2D eigenvalue weighted by atomic mass is 10.2. The van der Waals surface area contributed by atoms with Crippen LogP contribution in [0, 0.1) is 0 Å². The molecule has 19 heavy (non-hydrogen) atoms. The first-order valence-electron chi connectivity index (χ1n) is 6.30. The van der Waals surface area contributed by atoms with E-state index in [1.165, 1.54) is 10.8 Å². The molecule has 1 aliphatic rings. The van der Waals surface area contributed by atoms with Gasteiger partial charge in [0.05, 0.1) is 13.2 Å². The maximum Gasteiger partial charge on any atom is 0.328 e. The molecule has 1 amide bonds. The molecule has 1 N–H and O–H groups in total. The number of amides is 1. The maximum absolute atomic E-state index is 12.0. The third-order valence-corrected chi connectivity index (χ3v) is 3.13. The van der Waals surface area contributed by atoms with Crippen molar-refractivity contribution in [1.82, 2.24) is 14.5 Å². The number of morpholine rings is 1. The van der Waals surface area contributed by atoms with Gasteiger partial charge >= 0.3 is 5.69 Å². The van der Waals surface area contributed by atoms with Gasteiger partial charge in [-0.25, -0.2) is 4.79 Å². The zero-order valence-corrected chi connectivity index (χ0v) is 10.8. The molecule has 0 saturated carbocycles. The number of rotatable bonds is 3. The van der Waals surface area contributed by atoms with Crippen molar-refractivity contribution in [1.29, 1.82) is 0 Å². The van der Waals surface area contributed by atoms with Gasteiger partial charge in [-0.15, -0.1) is 0 Å². The van der Waals surface area contributed by atoms with Crippen LogP contribution in [0.25, 0.3) is 0 Å². The summed E-state index contributed by atoms with van der Waals surface area (Å²) in [5.74, 6) is -0.139. The maximum atomic E-state index is 12.0. The third-order valence-electron chi connectivity index (χ3n) is 3.13. The number of nitrogens with zero attached hydrogens (tertiary/aromatic N) is 2. The van der Waals surface area contributed by atoms with Crippen LogP contribution >= 0.6 is 0 Å². The zero-order chi connectivity index (χ0) is 13.8. The smallest absolute Gasteiger partial charge is 0.328 e. The van der Waals surface area contributed by atoms with Crippen molar-refractivity contribution in [3.05, 3.63) is 32.6 Å². The molecule has 0 aromatic carbocycles. The number of aryl methyl sites for hydroxylation is 1. The van der Waals surface area contributed by atoms with Crippen molar-refractivity contribution >= 4 is 5.91 Å². The summed E-state index contributed by atoms with van der Waals surface area (Å²) >= 11 is 0. The summed E-state index contributed by atoms with van der Waals surface area (Å²) in [7, 11) is 0. The average molecular weight is 267 g/mol. The van der Waals surface area contributed by atoms with E-state index in [2.05, 4.69) is 4.98 Å². The number of nitrogens with one attached hydrogen (secondary N) is 1. The molecule has 0 spiro atoms. The second-order valence-electron chi connectivity index (χ2n) is 4.39. The Hall–Kier alpha value is -1.89. The predicted molar refractivity (Wildman–Crippen MR) is 68.1 cm³/mol. The van der Waals surface area contributed by atoms with E-state index in [1.807, 2.05) is 6.92 Å². The Balaban J connectivity index is 2.16. The first-order chi connectivity index (χ1) is 9.11. The van der Waals surface area contributed by atoms with E-state index in [0.717, 1.165) is 0 Å². The van der Waals surface area contributed by atoms with Crippen LogP contribution in [0.1, 0.15) is 12.5 Å². The highest BCUT2D eigenvalue weighted by Crippen LogP contribution is 1.99. The van der Waals surface area contributed by atoms with E-state index < -0.39 is 5.69 Å². The van der Waals surface area contributed by atoms with Crippen molar-refractivity contribution < 1.29 is 9.53 Å². The topological polar surface area (TPSA) is 84.4 Å². The minimum atomic E-state index is -0.552. The first-order valence-corrected chi connectivity index (χ1v) is 6.30. The monoisotopic (exact) mass is 267 g/mol. The molecule has 2 rings (SSSR count). The molecule has 0 unspecified atom stereocenters. The van der Waals surface area contributed by atoms with Crippen LogP contribution < -0.4 is 11.2 Å². The number of aromatic amines is 1. The molecular formula is C12H17N3O4. The van der Waals surface area contributed by atoms with Crippen LogP contribution in [0.2, 0.25) is 0 Å². The Labute approximate surface area is 109 Å². The fraction of sp³-hybridized carbons (Fsp3) is 0.583. The van der Waals surface area contributed by atoms with Crippen molar-refractivity contribution in [3.63, 3.8) is 0 Å². The molecule has 7 heteroatoms. The summed E-state index contributed by atoms with van der Waals surface area (Å²) < 4.78 is 6.41. The number of hydrogen-bond acceptors (Lipinski definition) is 4. The van der Waals surface area contributed by atoms with E-state index in [1.54, 1.807) is 4.90 Å². The molecule has 1 fully saturated rings. The zero-order valence-electron chi connectivity index (χ0n) is 10.8. The number of aromatic nitrogens is 2. The van der Waals surface area contributed by atoms with Gasteiger partial charge in [-0.05, 0) is 6.42 Å². The standard InChI is InChI=1S/C12H17N3O4/c1-2-9-7-15(12(18)13-11(9)17)8-10(16)14-3-5-19-6-4-14/h7H,2-6,8H2,1H3,(H,13,17,18). The lowest BCUT2D eigenvalue weighted by molar-refractivity contribution is -0.135. The summed E-state index contributed by atoms with van der Waals surface area (Å²) in [4.78, 5) is 39.0. The molecule has 0 radical (unpaired) electrons. The summed E-state index contributed by atoms with van der Waals surface area (Å²) in [6, 6.07) is 0. The SMILES string of the molecule is CCc1cn(CC(=O)N2CCOCC2)c(=O)[nH]c1=O. The molecule has 1 aromatic rings. The van der Waals surface area contributed by atoms with E-state index in [9.17, 15) is 14.4 Å². The Morgan fingerprint density at radius 3 is 2.68 bits per heavy atom. The highest BCUT2D eigenvalue weighted by molar-refractivity contribution is 5.76. The van der Waals surface area contributed by atoms with Gasteiger partial charge in [0, 0.05) is 24.8 Å². The number of ether oxygens (including phenoxy) is 1. The second kappa shape index (κ2) is 5.83. The minimum absolute atomic E-state index is 0.0530. The molecule has 1 aliphatic heterocycles. The van der Waals surface area contributed by atoms with Gasteiger partial charge in [0.15, 0.2) is 0 Å². The number of carbonyl (C=O) groups is 1. The molecule has 1 aromatic heterocycles. The van der Waals surface area contributed by atoms with Gasteiger partial charge in [-0.3, -0.25) is 19.1 Å². The normalized spacial score (nSPS) is 15.5. The van der Waals surface area contributed by atoms with Gasteiger partial charge < -0.3 is 9.64 Å². The molecule has 0 aliphatic carbocycles. The van der Waals surface area contributed by atoms with E-state index in [-0.39, 0.29) is 18.0 Å². The number of carbonyl (C=O) groups excluding carboxylic acids is 1. The minimum Gasteiger partial charge on any atom is -0.378 e. The predicted octanol–water partition coefficient (Wildman–Crippen LogP) is -1.04. The Bertz CT molecular complexity index is 569. The van der Waals surface area contributed by atoms with Gasteiger partial charge in [-0.2, -0.15) is 0 Å². The van der Waals surface area contributed by atoms with Crippen LogP contribution in [0.15, 0.2) is 15.8 Å². The number of H-pyrrole nitrogens is 1. The molecule has 2 heterocycles. The number of hydrogen-bond donors (Lipinski definition) is 1. The Morgan fingerprint density at radius 1 is 1.37 bits per heavy atom. The third kappa shape index (κ3) is 3.11. The quantitative estimate of drug-likeness (QED) is 0.758. The highest BCUT2D eigenvalue weighted by atomic mass is 16.5. The highest BCUT2D eigenvalue weighted by Gasteiger charge is 2.17. The summed E-state index contributed by atoms with van der Waals surface area (Å²) in [5.41, 5.74) is -0.444. The van der Waals surface area contributed by atoms with Crippen LogP contribution in [-0.4, -0.2) is 46.7 Å². The van der Waals surface area contributed by atoms with Crippen molar-refractivity contribution in [2.45, 2.75) is 19.9 Å². The lowest BCUT2D eigenvalue weighted by Crippen LogP contribution is -2.44. The molecular weight excluding hydrogens is 250 g/mol. The van der Waals surface area contributed by atoms with Crippen LogP contribution in [0.5, 0.6) is 0 Å². The van der Waals surface area contributed by atoms with Crippen LogP contribution in [0.3, 0.4) is 0 Å². The first kappa shape index (κ1) is 13.5. The average Bonchev–Trinajstić information content (AvgIpc) is 2.42. The van der Waals surface area contributed by atoms with Crippen molar-refractivity contribution in [2.24, 2.45) is 0 Å². The van der Waals surface area contributed by atoms with Gasteiger partial charge in [-0.1, -0.05) is 6.92 Å². The van der Waals surface area contributed by atoms with Gasteiger partial charge in [0.2, 0.25) is 5.91 Å². The summed E-state index contributed by atoms with van der Waals surface area (Å²) in [5, 5.41) is 0. The summed E-state index contributed by atoms with van der Waals surface area (Å²) in [6.07, 6.45) is 1.97. The Morgan fingerprint density at radius 2 is 2.05 bits per heavy atom. The second-order valence-corrected chi connectivity index (χ2v) is 4.39. The molecule has 7 nitrogen and oxygen atoms in total. The largest absolute Gasteiger partial charge is 0.378 e. The van der Waals surface area contributed by atoms with Crippen molar-refractivity contribution in [2.75, 3.05) is 26.3 Å². The Kier molecular flexibility index (Phi) is 4.16. The lowest BCUT2D eigenvalue weighted by Gasteiger charge is -2.27. The van der Waals surface area contributed by atoms with Gasteiger partial charge in [0.1, 0.15) is 6.54 Å². The van der Waals surface area contributed by atoms with Crippen LogP contribution in [-0.2, 0) is 22.5 Å². The van der Waals surface area contributed by atoms with Crippen LogP contribution in [0.4, 0.5) is 0 Å². The van der Waals surface area contributed by atoms with Gasteiger partial charge in [0.25, 0.3) is 5.56 Å². The fourth-order valence-electron chi connectivity index (χ4n) is 1.98. The van der Waals surface area contributed by atoms with E-state index >= 15 is 0 Å². The molecule has 104 valence electrons. The molecule has 1 saturated heterocycles. The molecule has 0 atom stereocenters. The van der Waals surface area contributed by atoms with E-state index in [4.69, 9.17) is 4.74 Å². The van der Waals surface area contributed by atoms with Crippen molar-refractivity contribution in [3.8, 4) is 0 Å². The summed E-state index contributed by atoms with van der Waals surface area (Å²) in [6.45, 7) is 3.89. The van der Waals surface area contributed by atoms with E-state index in [0.29, 0.717) is 38.3 Å².